The van der Waals surface area contributed by atoms with E-state index < -0.39 is 15.5 Å². The molecule has 0 unspecified atom stereocenters. The Kier molecular flexibility index (Phi) is 5.36. The second-order valence-corrected chi connectivity index (χ2v) is 11.2. The molecule has 4 aromatic rings. The highest BCUT2D eigenvalue weighted by Crippen LogP contribution is 2.38. The first-order chi connectivity index (χ1) is 16.2. The van der Waals surface area contributed by atoms with Gasteiger partial charge in [0.05, 0.1) is 35.1 Å². The second kappa shape index (κ2) is 8.13. The molecule has 1 saturated heterocycles. The van der Waals surface area contributed by atoms with E-state index in [1.165, 1.54) is 4.90 Å². The standard InChI is InChI=1S/C26H25NO6S/c1-15-11-21-24(25-23(15)20(13-32-25)17-7-5-4-6-8-17)16(2)19(26(29)33-21)12-22(28)27(3)18-9-10-34(30,31)14-18/h4-8,11,13,18H,9-10,12,14H2,1-3H3/t18-/m0/s1. The van der Waals surface area contributed by atoms with Gasteiger partial charge in [0.1, 0.15) is 11.2 Å². The zero-order chi connectivity index (χ0) is 24.2. The molecule has 1 fully saturated rings. The summed E-state index contributed by atoms with van der Waals surface area (Å²) in [4.78, 5) is 27.3. The second-order valence-electron chi connectivity index (χ2n) is 9.02. The number of carbonyl (C=O) groups is 1. The van der Waals surface area contributed by atoms with Gasteiger partial charge in [0.2, 0.25) is 5.91 Å². The number of hydrogen-bond donors (Lipinski definition) is 0. The fraction of sp³-hybridized carbons (Fsp3) is 0.308. The summed E-state index contributed by atoms with van der Waals surface area (Å²) >= 11 is 0. The Morgan fingerprint density at radius 3 is 2.56 bits per heavy atom. The first-order valence-corrected chi connectivity index (χ1v) is 13.0. The molecule has 34 heavy (non-hydrogen) atoms. The fourth-order valence-corrected chi connectivity index (χ4v) is 6.66. The molecule has 0 radical (unpaired) electrons. The van der Waals surface area contributed by atoms with Crippen LogP contribution in [0.25, 0.3) is 33.1 Å². The number of benzene rings is 2. The van der Waals surface area contributed by atoms with E-state index in [1.54, 1.807) is 20.2 Å². The van der Waals surface area contributed by atoms with Crippen molar-refractivity contribution in [3.8, 4) is 11.1 Å². The Morgan fingerprint density at radius 1 is 1.15 bits per heavy atom. The van der Waals surface area contributed by atoms with E-state index in [-0.39, 0.29) is 35.4 Å². The van der Waals surface area contributed by atoms with Gasteiger partial charge < -0.3 is 13.7 Å². The average Bonchev–Trinajstić information content (AvgIpc) is 3.40. The smallest absolute Gasteiger partial charge is 0.340 e. The van der Waals surface area contributed by atoms with Crippen molar-refractivity contribution in [2.24, 2.45) is 0 Å². The summed E-state index contributed by atoms with van der Waals surface area (Å²) in [7, 11) is -1.54. The minimum atomic E-state index is -3.13. The maximum absolute atomic E-state index is 13.0. The van der Waals surface area contributed by atoms with Crippen molar-refractivity contribution < 1.29 is 22.0 Å². The molecular weight excluding hydrogens is 454 g/mol. The third-order valence-electron chi connectivity index (χ3n) is 6.85. The number of sulfone groups is 1. The SMILES string of the molecule is Cc1cc2oc(=O)c(CC(=O)N(C)[C@H]3CCS(=O)(=O)C3)c(C)c2c2occ(-c3ccccc3)c12. The van der Waals surface area contributed by atoms with Gasteiger partial charge in [-0.15, -0.1) is 0 Å². The first kappa shape index (κ1) is 22.4. The quantitative estimate of drug-likeness (QED) is 0.410. The van der Waals surface area contributed by atoms with E-state index in [9.17, 15) is 18.0 Å². The van der Waals surface area contributed by atoms with Crippen LogP contribution in [-0.2, 0) is 21.1 Å². The van der Waals surface area contributed by atoms with Crippen LogP contribution in [0, 0.1) is 13.8 Å². The monoisotopic (exact) mass is 479 g/mol. The van der Waals surface area contributed by atoms with Gasteiger partial charge in [-0.05, 0) is 43.0 Å². The normalized spacial score (nSPS) is 17.4. The first-order valence-electron chi connectivity index (χ1n) is 11.1. The number of carbonyl (C=O) groups excluding carboxylic acids is 1. The van der Waals surface area contributed by atoms with Gasteiger partial charge in [0.15, 0.2) is 9.84 Å². The zero-order valence-corrected chi connectivity index (χ0v) is 20.1. The lowest BCUT2D eigenvalue weighted by molar-refractivity contribution is -0.130. The Morgan fingerprint density at radius 2 is 1.88 bits per heavy atom. The highest BCUT2D eigenvalue weighted by Gasteiger charge is 2.33. The minimum absolute atomic E-state index is 0.0465. The number of furan rings is 1. The van der Waals surface area contributed by atoms with Crippen molar-refractivity contribution in [1.82, 2.24) is 4.90 Å². The number of nitrogens with zero attached hydrogens (tertiary/aromatic N) is 1. The molecule has 7 nitrogen and oxygen atoms in total. The van der Waals surface area contributed by atoms with Gasteiger partial charge in [0, 0.05) is 24.0 Å². The molecule has 1 aliphatic heterocycles. The number of rotatable bonds is 4. The molecule has 3 heterocycles. The Labute approximate surface area is 196 Å². The number of amides is 1. The number of aryl methyl sites for hydroxylation is 2. The van der Waals surface area contributed by atoms with Crippen LogP contribution in [0.4, 0.5) is 0 Å². The van der Waals surface area contributed by atoms with E-state index in [0.29, 0.717) is 28.5 Å². The van der Waals surface area contributed by atoms with Crippen molar-refractivity contribution in [2.75, 3.05) is 18.6 Å². The van der Waals surface area contributed by atoms with Crippen LogP contribution >= 0.6 is 0 Å². The van der Waals surface area contributed by atoms with E-state index in [1.807, 2.05) is 43.3 Å². The highest BCUT2D eigenvalue weighted by atomic mass is 32.2. The number of hydrogen-bond acceptors (Lipinski definition) is 6. The molecule has 1 aliphatic rings. The van der Waals surface area contributed by atoms with Crippen molar-refractivity contribution in [3.63, 3.8) is 0 Å². The summed E-state index contributed by atoms with van der Waals surface area (Å²) in [5.41, 5.74) is 4.22. The lowest BCUT2D eigenvalue weighted by Crippen LogP contribution is -2.39. The fourth-order valence-electron chi connectivity index (χ4n) is 4.88. The van der Waals surface area contributed by atoms with Gasteiger partial charge in [-0.3, -0.25) is 4.79 Å². The molecule has 1 atom stereocenters. The average molecular weight is 480 g/mol. The molecule has 0 spiro atoms. The third-order valence-corrected chi connectivity index (χ3v) is 8.60. The molecule has 0 saturated carbocycles. The van der Waals surface area contributed by atoms with Crippen LogP contribution in [0.5, 0.6) is 0 Å². The Hall–Kier alpha value is -3.39. The Balaban J connectivity index is 1.59. The van der Waals surface area contributed by atoms with E-state index >= 15 is 0 Å². The summed E-state index contributed by atoms with van der Waals surface area (Å²) in [5.74, 6) is -0.286. The zero-order valence-electron chi connectivity index (χ0n) is 19.3. The molecule has 0 bridgehead atoms. The van der Waals surface area contributed by atoms with Crippen LogP contribution < -0.4 is 5.63 Å². The van der Waals surface area contributed by atoms with Gasteiger partial charge in [-0.2, -0.15) is 0 Å². The molecule has 2 aromatic carbocycles. The maximum atomic E-state index is 13.0. The predicted octanol–water partition coefficient (Wildman–Crippen LogP) is 4.01. The minimum Gasteiger partial charge on any atom is -0.463 e. The van der Waals surface area contributed by atoms with Crippen molar-refractivity contribution >= 4 is 37.7 Å². The molecular formula is C26H25NO6S. The molecule has 0 aliphatic carbocycles. The Bertz CT molecular complexity index is 1600. The maximum Gasteiger partial charge on any atom is 0.340 e. The summed E-state index contributed by atoms with van der Waals surface area (Å²) in [5, 5.41) is 1.59. The predicted molar refractivity (Wildman–Crippen MR) is 131 cm³/mol. The lowest BCUT2D eigenvalue weighted by atomic mass is 9.96. The topological polar surface area (TPSA) is 97.8 Å². The summed E-state index contributed by atoms with van der Waals surface area (Å²) in [6, 6.07) is 11.3. The van der Waals surface area contributed by atoms with Crippen LogP contribution in [0.1, 0.15) is 23.1 Å². The van der Waals surface area contributed by atoms with Crippen molar-refractivity contribution in [2.45, 2.75) is 32.7 Å². The van der Waals surface area contributed by atoms with Crippen LogP contribution in [0.3, 0.4) is 0 Å². The molecule has 2 aromatic heterocycles. The van der Waals surface area contributed by atoms with Crippen LogP contribution in [0.2, 0.25) is 0 Å². The van der Waals surface area contributed by atoms with Crippen LogP contribution in [0.15, 0.2) is 56.3 Å². The highest BCUT2D eigenvalue weighted by molar-refractivity contribution is 7.91. The van der Waals surface area contributed by atoms with Gasteiger partial charge in [0.25, 0.3) is 0 Å². The van der Waals surface area contributed by atoms with Crippen molar-refractivity contribution in [3.05, 3.63) is 69.8 Å². The molecule has 5 rings (SSSR count). The molecule has 1 amide bonds. The third kappa shape index (κ3) is 3.72. The summed E-state index contributed by atoms with van der Waals surface area (Å²) < 4.78 is 35.3. The summed E-state index contributed by atoms with van der Waals surface area (Å²) in [6.45, 7) is 3.74. The molecule has 8 heteroatoms. The molecule has 176 valence electrons. The van der Waals surface area contributed by atoms with E-state index in [0.717, 1.165) is 22.1 Å². The van der Waals surface area contributed by atoms with E-state index in [4.69, 9.17) is 8.83 Å². The summed E-state index contributed by atoms with van der Waals surface area (Å²) in [6.07, 6.45) is 1.94. The lowest BCUT2D eigenvalue weighted by Gasteiger charge is -2.23. The van der Waals surface area contributed by atoms with Crippen molar-refractivity contribution in [1.29, 1.82) is 0 Å². The van der Waals surface area contributed by atoms with Gasteiger partial charge >= 0.3 is 5.63 Å². The van der Waals surface area contributed by atoms with E-state index in [2.05, 4.69) is 0 Å². The molecule has 0 N–H and O–H groups in total. The largest absolute Gasteiger partial charge is 0.463 e. The van der Waals surface area contributed by atoms with Gasteiger partial charge in [-0.1, -0.05) is 30.3 Å². The van der Waals surface area contributed by atoms with Gasteiger partial charge in [-0.25, -0.2) is 13.2 Å². The van der Waals surface area contributed by atoms with Crippen LogP contribution in [-0.4, -0.2) is 43.8 Å². The number of likely N-dealkylation sites (N-methyl/N-ethyl adjacent to an activating group) is 1. The number of fused-ring (bicyclic) bond motifs is 3.